The average Bonchev–Trinajstić information content (AvgIpc) is 3.71. The van der Waals surface area contributed by atoms with Crippen molar-refractivity contribution in [3.8, 4) is 28.7 Å². The van der Waals surface area contributed by atoms with Crippen molar-refractivity contribution in [2.24, 2.45) is 0 Å². The molecule has 9 aromatic rings. The lowest BCUT2D eigenvalue weighted by atomic mass is 9.88. The summed E-state index contributed by atoms with van der Waals surface area (Å²) in [5.74, 6) is 2.82. The Kier molecular flexibility index (Phi) is 6.52. The van der Waals surface area contributed by atoms with E-state index in [2.05, 4.69) is 114 Å². The fourth-order valence-electron chi connectivity index (χ4n) is 7.18. The van der Waals surface area contributed by atoms with Crippen molar-refractivity contribution in [2.75, 3.05) is 0 Å². The molecule has 0 N–H and O–H groups in total. The summed E-state index contributed by atoms with van der Waals surface area (Å²) in [6.45, 7) is 16.9. The van der Waals surface area contributed by atoms with Crippen molar-refractivity contribution >= 4 is 54.8 Å². The fourth-order valence-corrected chi connectivity index (χ4v) is 7.18. The molecule has 240 valence electrons. The van der Waals surface area contributed by atoms with E-state index in [0.717, 1.165) is 66.3 Å². The van der Waals surface area contributed by atoms with Crippen molar-refractivity contribution in [1.29, 1.82) is 0 Å². The van der Waals surface area contributed by atoms with Gasteiger partial charge in [0.05, 0.1) is 23.1 Å². The molecule has 0 saturated carbocycles. The molecule has 0 bridgehead atoms. The molecule has 0 amide bonds. The van der Waals surface area contributed by atoms with Crippen LogP contribution < -0.4 is 4.74 Å². The Bertz CT molecular complexity index is 2870. The van der Waals surface area contributed by atoms with Gasteiger partial charge in [0.1, 0.15) is 17.3 Å². The quantitative estimate of drug-likeness (QED) is 0.141. The van der Waals surface area contributed by atoms with Crippen molar-refractivity contribution < 1.29 is 4.74 Å². The third-order valence-electron chi connectivity index (χ3n) is 9.64. The number of fused-ring (bicyclic) bond motifs is 9. The summed E-state index contributed by atoms with van der Waals surface area (Å²) in [6, 6.07) is 38.9. The lowest BCUT2D eigenvalue weighted by Crippen LogP contribution is -2.12. The molecule has 0 aliphatic rings. The van der Waals surface area contributed by atoms with Crippen LogP contribution in [-0.2, 0) is 5.41 Å². The second-order valence-corrected chi connectivity index (χ2v) is 13.8. The average molecular weight is 649 g/mol. The second-order valence-electron chi connectivity index (χ2n) is 13.8. The minimum absolute atomic E-state index is 0.0246. The summed E-state index contributed by atoms with van der Waals surface area (Å²) in [4.78, 5) is 8.82. The number of aromatic nitrogens is 5. The van der Waals surface area contributed by atoms with Crippen LogP contribution in [0.4, 0.5) is 5.69 Å². The first kappa shape index (κ1) is 29.6. The van der Waals surface area contributed by atoms with Crippen LogP contribution in [0.25, 0.3) is 71.2 Å². The van der Waals surface area contributed by atoms with E-state index in [9.17, 15) is 0 Å². The van der Waals surface area contributed by atoms with Crippen molar-refractivity contribution in [1.82, 2.24) is 24.1 Å². The number of para-hydroxylation sites is 2. The maximum absolute atomic E-state index is 8.22. The number of nitrogens with zero attached hydrogens (tertiary/aromatic N) is 6. The van der Waals surface area contributed by atoms with Crippen LogP contribution in [0.1, 0.15) is 31.9 Å². The van der Waals surface area contributed by atoms with E-state index in [4.69, 9.17) is 26.5 Å². The minimum Gasteiger partial charge on any atom is -0.459 e. The van der Waals surface area contributed by atoms with Gasteiger partial charge in [-0.25, -0.2) is 9.83 Å². The fraction of sp³-hybridized carbons (Fsp3) is 0.116. The molecule has 0 unspecified atom stereocenters. The molecule has 0 spiro atoms. The Morgan fingerprint density at radius 1 is 0.680 bits per heavy atom. The molecule has 0 fully saturated rings. The maximum atomic E-state index is 8.22. The molecule has 0 aliphatic carbocycles. The lowest BCUT2D eigenvalue weighted by Gasteiger charge is -2.20. The van der Waals surface area contributed by atoms with E-state index in [0.29, 0.717) is 22.8 Å². The van der Waals surface area contributed by atoms with Gasteiger partial charge in [0.15, 0.2) is 17.2 Å². The van der Waals surface area contributed by atoms with Crippen LogP contribution in [0.5, 0.6) is 11.5 Å². The van der Waals surface area contributed by atoms with E-state index >= 15 is 0 Å². The third kappa shape index (κ3) is 4.53. The van der Waals surface area contributed by atoms with Crippen LogP contribution in [0.15, 0.2) is 121 Å². The first-order valence-corrected chi connectivity index (χ1v) is 16.7. The predicted molar refractivity (Wildman–Crippen MR) is 202 cm³/mol. The zero-order valence-corrected chi connectivity index (χ0v) is 28.1. The molecule has 4 heterocycles. The minimum atomic E-state index is -0.0246. The highest BCUT2D eigenvalue weighted by molar-refractivity contribution is 6.18. The summed E-state index contributed by atoms with van der Waals surface area (Å²) in [6.07, 6.45) is 1.89. The number of pyridine rings is 2. The molecule has 5 aromatic carbocycles. The van der Waals surface area contributed by atoms with E-state index in [1.165, 1.54) is 5.56 Å². The highest BCUT2D eigenvalue weighted by atomic mass is 16.5. The highest BCUT2D eigenvalue weighted by Gasteiger charge is 2.21. The van der Waals surface area contributed by atoms with Gasteiger partial charge in [-0.05, 0) is 77.4 Å². The van der Waals surface area contributed by atoms with Crippen molar-refractivity contribution in [3.05, 3.63) is 144 Å². The van der Waals surface area contributed by atoms with Gasteiger partial charge in [0, 0.05) is 39.4 Å². The van der Waals surface area contributed by atoms with Crippen LogP contribution in [0.3, 0.4) is 0 Å². The number of aryl methyl sites for hydroxylation is 1. The Balaban J connectivity index is 1.24. The summed E-state index contributed by atoms with van der Waals surface area (Å²) < 4.78 is 10.9. The van der Waals surface area contributed by atoms with Crippen LogP contribution in [0, 0.1) is 13.5 Å². The molecule has 4 aromatic heterocycles. The van der Waals surface area contributed by atoms with E-state index in [1.807, 2.05) is 48.7 Å². The van der Waals surface area contributed by atoms with Crippen LogP contribution in [-0.4, -0.2) is 24.1 Å². The zero-order chi connectivity index (χ0) is 34.1. The Labute approximate surface area is 288 Å². The zero-order valence-electron chi connectivity index (χ0n) is 28.1. The first-order chi connectivity index (χ1) is 24.3. The maximum Gasteiger partial charge on any atom is 0.199 e. The topological polar surface area (TPSA) is 61.6 Å². The molecular weight excluding hydrogens is 617 g/mol. The van der Waals surface area contributed by atoms with Crippen LogP contribution in [0.2, 0.25) is 0 Å². The van der Waals surface area contributed by atoms with Crippen LogP contribution >= 0.6 is 0 Å². The predicted octanol–water partition coefficient (Wildman–Crippen LogP) is 11.1. The van der Waals surface area contributed by atoms with Gasteiger partial charge in [-0.15, -0.1) is 10.2 Å². The summed E-state index contributed by atoms with van der Waals surface area (Å²) >= 11 is 0. The Morgan fingerprint density at radius 2 is 1.42 bits per heavy atom. The normalized spacial score (nSPS) is 12.0. The molecule has 50 heavy (non-hydrogen) atoms. The van der Waals surface area contributed by atoms with Gasteiger partial charge < -0.3 is 4.74 Å². The number of hydrogen-bond donors (Lipinski definition) is 0. The number of ether oxygens (including phenoxy) is 1. The SMILES string of the molecule is [C-]#[N+]c1cc(Oc2ccc3c4ccccc4n(-c4cc(C(C)(C)C)ccn4)c3c2)cc2c1c1ccccc1n1c(-c3ccccc3C)nnc21. The van der Waals surface area contributed by atoms with Gasteiger partial charge in [0.25, 0.3) is 0 Å². The molecule has 0 aliphatic heterocycles. The first-order valence-electron chi connectivity index (χ1n) is 16.7. The standard InChI is InChI=1S/C43H32N6O/c1-26-12-6-7-13-30(26)41-46-47-42-34-23-29(24-35(44-5)40(34)33-15-9-11-17-37(33)49(41)42)50-28-18-19-32-31-14-8-10-16-36(31)48(38(32)25-28)39-22-27(20-21-45-39)43(2,3)4/h6-25H,1-4H3. The van der Waals surface area contributed by atoms with Gasteiger partial charge in [-0.1, -0.05) is 81.4 Å². The second kappa shape index (κ2) is 11.0. The summed E-state index contributed by atoms with van der Waals surface area (Å²) in [5.41, 5.74) is 7.48. The van der Waals surface area contributed by atoms with Gasteiger partial charge in [0.2, 0.25) is 0 Å². The Morgan fingerprint density at radius 3 is 2.22 bits per heavy atom. The molecule has 0 radical (unpaired) electrons. The summed E-state index contributed by atoms with van der Waals surface area (Å²) in [5, 5.41) is 14.3. The largest absolute Gasteiger partial charge is 0.459 e. The molecular formula is C43H32N6O. The van der Waals surface area contributed by atoms with Gasteiger partial charge in [-0.2, -0.15) is 0 Å². The lowest BCUT2D eigenvalue weighted by molar-refractivity contribution is 0.484. The molecule has 9 rings (SSSR count). The van der Waals surface area contributed by atoms with E-state index in [-0.39, 0.29) is 5.41 Å². The van der Waals surface area contributed by atoms with Crippen molar-refractivity contribution in [3.63, 3.8) is 0 Å². The number of hydrogen-bond acceptors (Lipinski definition) is 4. The van der Waals surface area contributed by atoms with E-state index < -0.39 is 0 Å². The monoisotopic (exact) mass is 648 g/mol. The third-order valence-corrected chi connectivity index (χ3v) is 9.64. The summed E-state index contributed by atoms with van der Waals surface area (Å²) in [7, 11) is 0. The molecule has 7 nitrogen and oxygen atoms in total. The number of rotatable bonds is 4. The molecule has 7 heteroatoms. The smallest absolute Gasteiger partial charge is 0.199 e. The molecule has 0 atom stereocenters. The highest BCUT2D eigenvalue weighted by Crippen LogP contribution is 2.42. The molecule has 0 saturated heterocycles. The Hall–Kier alpha value is -6.52. The van der Waals surface area contributed by atoms with Gasteiger partial charge in [-0.3, -0.25) is 8.97 Å². The van der Waals surface area contributed by atoms with Gasteiger partial charge >= 0.3 is 0 Å². The van der Waals surface area contributed by atoms with E-state index in [1.54, 1.807) is 0 Å². The number of benzene rings is 5. The van der Waals surface area contributed by atoms with Crippen molar-refractivity contribution in [2.45, 2.75) is 33.1 Å².